The summed E-state index contributed by atoms with van der Waals surface area (Å²) >= 11 is 0. The standard InChI is InChI=1S/C25H33NO4/c1-3-28-21-12-8-11-20(25(27)23-14-13-22(18-26-23)29-4-2)15-16-30-24(17-21)19-9-6-5-7-10-19/h5-7,9-10,13-14,18,20-21,24H,3-4,8,11-12,15-17H2,1-2H3. The SMILES string of the molecule is CCOc1ccc(C(=O)C2CCCC(OCC)CC(c3ccccc3)OCC2)nc1. The quantitative estimate of drug-likeness (QED) is 0.571. The molecule has 30 heavy (non-hydrogen) atoms. The van der Waals surface area contributed by atoms with E-state index in [-0.39, 0.29) is 23.9 Å². The Morgan fingerprint density at radius 1 is 1.07 bits per heavy atom. The first kappa shape index (κ1) is 22.4. The summed E-state index contributed by atoms with van der Waals surface area (Å²) in [6.45, 7) is 5.77. The molecular formula is C25H33NO4. The van der Waals surface area contributed by atoms with Crippen LogP contribution in [0.1, 0.15) is 68.1 Å². The van der Waals surface area contributed by atoms with Gasteiger partial charge in [-0.25, -0.2) is 4.98 Å². The molecule has 2 heterocycles. The number of carbonyl (C=O) groups excluding carboxylic acids is 1. The molecule has 0 bridgehead atoms. The number of rotatable bonds is 7. The molecule has 0 amide bonds. The number of hydrogen-bond acceptors (Lipinski definition) is 5. The normalized spacial score (nSPS) is 22.9. The van der Waals surface area contributed by atoms with Crippen LogP contribution in [0.5, 0.6) is 5.75 Å². The number of ether oxygens (including phenoxy) is 3. The molecule has 2 aromatic rings. The van der Waals surface area contributed by atoms with Crippen molar-refractivity contribution in [2.24, 2.45) is 5.92 Å². The molecule has 5 heteroatoms. The molecule has 0 N–H and O–H groups in total. The van der Waals surface area contributed by atoms with Crippen LogP contribution >= 0.6 is 0 Å². The summed E-state index contributed by atoms with van der Waals surface area (Å²) in [5.41, 5.74) is 1.67. The largest absolute Gasteiger partial charge is 0.492 e. The van der Waals surface area contributed by atoms with E-state index < -0.39 is 0 Å². The van der Waals surface area contributed by atoms with Crippen molar-refractivity contribution < 1.29 is 19.0 Å². The van der Waals surface area contributed by atoms with Crippen molar-refractivity contribution >= 4 is 5.78 Å². The Balaban J connectivity index is 1.70. The molecule has 3 rings (SSSR count). The van der Waals surface area contributed by atoms with Crippen LogP contribution in [0.4, 0.5) is 0 Å². The molecule has 162 valence electrons. The van der Waals surface area contributed by atoms with Gasteiger partial charge in [-0.05, 0) is 50.8 Å². The molecule has 0 spiro atoms. The molecule has 1 fully saturated rings. The van der Waals surface area contributed by atoms with Crippen LogP contribution in [-0.2, 0) is 9.47 Å². The van der Waals surface area contributed by atoms with Crippen molar-refractivity contribution in [3.05, 3.63) is 59.9 Å². The molecule has 1 aliphatic heterocycles. The minimum atomic E-state index is -0.0905. The van der Waals surface area contributed by atoms with Crippen LogP contribution in [-0.4, -0.2) is 36.7 Å². The average molecular weight is 412 g/mol. The predicted molar refractivity (Wildman–Crippen MR) is 117 cm³/mol. The number of nitrogens with zero attached hydrogens (tertiary/aromatic N) is 1. The zero-order valence-electron chi connectivity index (χ0n) is 18.1. The highest BCUT2D eigenvalue weighted by Crippen LogP contribution is 2.30. The Bertz CT molecular complexity index is 762. The zero-order valence-corrected chi connectivity index (χ0v) is 18.1. The zero-order chi connectivity index (χ0) is 21.2. The topological polar surface area (TPSA) is 57.7 Å². The van der Waals surface area contributed by atoms with Crippen molar-refractivity contribution in [3.63, 3.8) is 0 Å². The van der Waals surface area contributed by atoms with Gasteiger partial charge >= 0.3 is 0 Å². The number of pyridine rings is 1. The monoisotopic (exact) mass is 411 g/mol. The van der Waals surface area contributed by atoms with E-state index >= 15 is 0 Å². The van der Waals surface area contributed by atoms with Crippen molar-refractivity contribution in [2.45, 2.75) is 58.2 Å². The number of Topliss-reactive ketones (excluding diaryl/α,β-unsaturated/α-hetero) is 1. The van der Waals surface area contributed by atoms with E-state index in [9.17, 15) is 4.79 Å². The molecule has 1 aromatic carbocycles. The first-order valence-corrected chi connectivity index (χ1v) is 11.1. The van der Waals surface area contributed by atoms with Crippen LogP contribution in [0.2, 0.25) is 0 Å². The maximum Gasteiger partial charge on any atom is 0.184 e. The molecule has 1 saturated heterocycles. The van der Waals surface area contributed by atoms with Crippen LogP contribution < -0.4 is 4.74 Å². The molecule has 1 aliphatic rings. The van der Waals surface area contributed by atoms with Crippen molar-refractivity contribution in [3.8, 4) is 5.75 Å². The summed E-state index contributed by atoms with van der Waals surface area (Å²) in [4.78, 5) is 17.4. The summed E-state index contributed by atoms with van der Waals surface area (Å²) < 4.78 is 17.7. The third-order valence-electron chi connectivity index (χ3n) is 5.59. The van der Waals surface area contributed by atoms with E-state index in [4.69, 9.17) is 14.2 Å². The average Bonchev–Trinajstić information content (AvgIpc) is 2.78. The Hall–Kier alpha value is -2.24. The Labute approximate surface area is 179 Å². The molecule has 0 saturated carbocycles. The lowest BCUT2D eigenvalue weighted by molar-refractivity contribution is -0.0267. The number of benzene rings is 1. The smallest absolute Gasteiger partial charge is 0.184 e. The van der Waals surface area contributed by atoms with Crippen LogP contribution in [0.3, 0.4) is 0 Å². The number of hydrogen-bond donors (Lipinski definition) is 0. The summed E-state index contributed by atoms with van der Waals surface area (Å²) in [6.07, 6.45) is 6.02. The van der Waals surface area contributed by atoms with Gasteiger partial charge in [0.05, 0.1) is 25.0 Å². The van der Waals surface area contributed by atoms with Crippen molar-refractivity contribution in [2.75, 3.05) is 19.8 Å². The third-order valence-corrected chi connectivity index (χ3v) is 5.59. The van der Waals surface area contributed by atoms with E-state index in [1.165, 1.54) is 5.56 Å². The van der Waals surface area contributed by atoms with Gasteiger partial charge in [-0.2, -0.15) is 0 Å². The lowest BCUT2D eigenvalue weighted by Gasteiger charge is -2.27. The van der Waals surface area contributed by atoms with E-state index in [1.54, 1.807) is 12.3 Å². The second-order valence-electron chi connectivity index (χ2n) is 7.68. The molecular weight excluding hydrogens is 378 g/mol. The molecule has 3 unspecified atom stereocenters. The van der Waals surface area contributed by atoms with Gasteiger partial charge in [0.15, 0.2) is 5.78 Å². The molecule has 0 aliphatic carbocycles. The first-order chi connectivity index (χ1) is 14.7. The highest BCUT2D eigenvalue weighted by Gasteiger charge is 2.26. The van der Waals surface area contributed by atoms with Crippen molar-refractivity contribution in [1.82, 2.24) is 4.98 Å². The highest BCUT2D eigenvalue weighted by molar-refractivity contribution is 5.96. The summed E-state index contributed by atoms with van der Waals surface area (Å²) in [5.74, 6) is 0.687. The highest BCUT2D eigenvalue weighted by atomic mass is 16.5. The number of aromatic nitrogens is 1. The minimum absolute atomic E-state index is 0.0137. The second-order valence-corrected chi connectivity index (χ2v) is 7.68. The first-order valence-electron chi connectivity index (χ1n) is 11.1. The lowest BCUT2D eigenvalue weighted by atomic mass is 9.90. The van der Waals surface area contributed by atoms with Crippen LogP contribution in [0.15, 0.2) is 48.7 Å². The molecule has 0 radical (unpaired) electrons. The summed E-state index contributed by atoms with van der Waals surface area (Å²) in [5, 5.41) is 0. The van der Waals surface area contributed by atoms with E-state index in [0.29, 0.717) is 37.7 Å². The third kappa shape index (κ3) is 6.38. The van der Waals surface area contributed by atoms with Gasteiger partial charge < -0.3 is 14.2 Å². The fourth-order valence-electron chi connectivity index (χ4n) is 4.05. The van der Waals surface area contributed by atoms with E-state index in [0.717, 1.165) is 25.7 Å². The summed E-state index contributed by atoms with van der Waals surface area (Å²) in [7, 11) is 0. The molecule has 5 nitrogen and oxygen atoms in total. The van der Waals surface area contributed by atoms with Gasteiger partial charge in [0.1, 0.15) is 11.4 Å². The molecule has 3 atom stereocenters. The minimum Gasteiger partial charge on any atom is -0.492 e. The van der Waals surface area contributed by atoms with Crippen LogP contribution in [0, 0.1) is 5.92 Å². The Kier molecular flexibility index (Phi) is 8.84. The Morgan fingerprint density at radius 2 is 1.90 bits per heavy atom. The number of ketones is 1. The van der Waals surface area contributed by atoms with Crippen molar-refractivity contribution in [1.29, 1.82) is 0 Å². The predicted octanol–water partition coefficient (Wildman–Crippen LogP) is 5.41. The van der Waals surface area contributed by atoms with Gasteiger partial charge in [0.25, 0.3) is 0 Å². The van der Waals surface area contributed by atoms with Gasteiger partial charge in [-0.1, -0.05) is 36.8 Å². The summed E-state index contributed by atoms with van der Waals surface area (Å²) in [6, 6.07) is 13.9. The van der Waals surface area contributed by atoms with Gasteiger partial charge in [0.2, 0.25) is 0 Å². The maximum atomic E-state index is 13.1. The molecule has 1 aromatic heterocycles. The fourth-order valence-corrected chi connectivity index (χ4v) is 4.05. The van der Waals surface area contributed by atoms with E-state index in [2.05, 4.69) is 17.1 Å². The van der Waals surface area contributed by atoms with Crippen LogP contribution in [0.25, 0.3) is 0 Å². The van der Waals surface area contributed by atoms with E-state index in [1.807, 2.05) is 38.1 Å². The van der Waals surface area contributed by atoms with Gasteiger partial charge in [-0.3, -0.25) is 4.79 Å². The maximum absolute atomic E-state index is 13.1. The lowest BCUT2D eigenvalue weighted by Crippen LogP contribution is -2.24. The fraction of sp³-hybridized carbons (Fsp3) is 0.520. The number of carbonyl (C=O) groups is 1. The van der Waals surface area contributed by atoms with Gasteiger partial charge in [-0.15, -0.1) is 0 Å². The van der Waals surface area contributed by atoms with Gasteiger partial charge in [0, 0.05) is 25.6 Å². The Morgan fingerprint density at radius 3 is 2.60 bits per heavy atom. The second kappa shape index (κ2) is 11.8.